The van der Waals surface area contributed by atoms with Crippen LogP contribution in [-0.2, 0) is 0 Å². The van der Waals surface area contributed by atoms with Crippen LogP contribution in [0.3, 0.4) is 0 Å². The molecule has 0 aromatic heterocycles. The normalized spacial score (nSPS) is 15.1. The van der Waals surface area contributed by atoms with Crippen LogP contribution in [0.1, 0.15) is 27.6 Å². The van der Waals surface area contributed by atoms with E-state index in [-0.39, 0.29) is 11.8 Å². The SMILES string of the molecule is C/C=C\CN1C(=O)c2ccccc2C1=O. The molecule has 1 aliphatic heterocycles. The van der Waals surface area contributed by atoms with Crippen LogP contribution in [0.2, 0.25) is 0 Å². The third-order valence-electron chi connectivity index (χ3n) is 2.40. The first kappa shape index (κ1) is 9.65. The molecule has 0 fully saturated rings. The molecule has 0 N–H and O–H groups in total. The zero-order chi connectivity index (χ0) is 10.8. The van der Waals surface area contributed by atoms with E-state index in [1.165, 1.54) is 4.90 Å². The Balaban J connectivity index is 2.37. The molecular weight excluding hydrogens is 190 g/mol. The number of amides is 2. The molecule has 1 heterocycles. The van der Waals surface area contributed by atoms with E-state index in [0.717, 1.165) is 0 Å². The van der Waals surface area contributed by atoms with Crippen molar-refractivity contribution in [2.24, 2.45) is 0 Å². The van der Waals surface area contributed by atoms with E-state index in [4.69, 9.17) is 0 Å². The van der Waals surface area contributed by atoms with Crippen molar-refractivity contribution in [3.8, 4) is 0 Å². The van der Waals surface area contributed by atoms with Gasteiger partial charge < -0.3 is 0 Å². The number of rotatable bonds is 2. The number of carbonyl (C=O) groups excluding carboxylic acids is 2. The summed E-state index contributed by atoms with van der Waals surface area (Å²) >= 11 is 0. The first-order chi connectivity index (χ1) is 7.25. The van der Waals surface area contributed by atoms with Crippen molar-refractivity contribution < 1.29 is 9.59 Å². The molecule has 0 saturated carbocycles. The zero-order valence-corrected chi connectivity index (χ0v) is 8.43. The van der Waals surface area contributed by atoms with Gasteiger partial charge in [-0.05, 0) is 19.1 Å². The van der Waals surface area contributed by atoms with Crippen LogP contribution < -0.4 is 0 Å². The van der Waals surface area contributed by atoms with Gasteiger partial charge in [0.1, 0.15) is 0 Å². The van der Waals surface area contributed by atoms with Crippen LogP contribution in [0.4, 0.5) is 0 Å². The van der Waals surface area contributed by atoms with Gasteiger partial charge in [0.2, 0.25) is 0 Å². The summed E-state index contributed by atoms with van der Waals surface area (Å²) in [5.74, 6) is -0.401. The molecule has 15 heavy (non-hydrogen) atoms. The summed E-state index contributed by atoms with van der Waals surface area (Å²) in [6.45, 7) is 2.21. The van der Waals surface area contributed by atoms with Gasteiger partial charge in [-0.15, -0.1) is 0 Å². The maximum atomic E-state index is 11.8. The number of imide groups is 1. The summed E-state index contributed by atoms with van der Waals surface area (Å²) in [4.78, 5) is 24.8. The highest BCUT2D eigenvalue weighted by molar-refractivity contribution is 6.21. The minimum absolute atomic E-state index is 0.200. The topological polar surface area (TPSA) is 37.4 Å². The number of nitrogens with zero attached hydrogens (tertiary/aromatic N) is 1. The molecule has 1 aromatic carbocycles. The Morgan fingerprint density at radius 1 is 1.13 bits per heavy atom. The Hall–Kier alpha value is -1.90. The van der Waals surface area contributed by atoms with Gasteiger partial charge in [-0.2, -0.15) is 0 Å². The highest BCUT2D eigenvalue weighted by Crippen LogP contribution is 2.21. The fourth-order valence-corrected chi connectivity index (χ4v) is 1.62. The lowest BCUT2D eigenvalue weighted by Gasteiger charge is -2.09. The molecule has 0 unspecified atom stereocenters. The Labute approximate surface area is 88.0 Å². The molecule has 3 nitrogen and oxygen atoms in total. The standard InChI is InChI=1S/C12H11NO2/c1-2-3-8-13-11(14)9-6-4-5-7-10(9)12(13)15/h2-7H,8H2,1H3/b3-2-. The van der Waals surface area contributed by atoms with Gasteiger partial charge in [-0.25, -0.2) is 0 Å². The Kier molecular flexibility index (Phi) is 2.37. The van der Waals surface area contributed by atoms with Crippen molar-refractivity contribution in [2.75, 3.05) is 6.54 Å². The fraction of sp³-hybridized carbons (Fsp3) is 0.167. The molecule has 0 saturated heterocycles. The number of benzene rings is 1. The predicted octanol–water partition coefficient (Wildman–Crippen LogP) is 1.86. The molecule has 1 aliphatic rings. The van der Waals surface area contributed by atoms with Gasteiger partial charge in [-0.3, -0.25) is 14.5 Å². The van der Waals surface area contributed by atoms with Crippen LogP contribution >= 0.6 is 0 Å². The summed E-state index contributed by atoms with van der Waals surface area (Å²) in [5.41, 5.74) is 1.01. The van der Waals surface area contributed by atoms with E-state index in [0.29, 0.717) is 17.7 Å². The minimum atomic E-state index is -0.200. The van der Waals surface area contributed by atoms with Crippen LogP contribution in [0.5, 0.6) is 0 Å². The molecular formula is C12H11NO2. The maximum Gasteiger partial charge on any atom is 0.261 e. The lowest BCUT2D eigenvalue weighted by Crippen LogP contribution is -2.29. The highest BCUT2D eigenvalue weighted by atomic mass is 16.2. The lowest BCUT2D eigenvalue weighted by atomic mass is 10.1. The summed E-state index contributed by atoms with van der Waals surface area (Å²) < 4.78 is 0. The van der Waals surface area contributed by atoms with Gasteiger partial charge in [0.25, 0.3) is 11.8 Å². The van der Waals surface area contributed by atoms with Gasteiger partial charge >= 0.3 is 0 Å². The number of allylic oxidation sites excluding steroid dienone is 1. The monoisotopic (exact) mass is 201 g/mol. The first-order valence-electron chi connectivity index (χ1n) is 4.82. The quantitative estimate of drug-likeness (QED) is 0.541. The van der Waals surface area contributed by atoms with Crippen LogP contribution in [0.25, 0.3) is 0 Å². The van der Waals surface area contributed by atoms with E-state index < -0.39 is 0 Å². The van der Waals surface area contributed by atoms with Crippen molar-refractivity contribution >= 4 is 11.8 Å². The molecule has 0 bridgehead atoms. The lowest BCUT2D eigenvalue weighted by molar-refractivity contribution is 0.0672. The van der Waals surface area contributed by atoms with Crippen LogP contribution in [-0.4, -0.2) is 23.3 Å². The second-order valence-corrected chi connectivity index (χ2v) is 3.34. The first-order valence-corrected chi connectivity index (χ1v) is 4.82. The smallest absolute Gasteiger partial charge is 0.261 e. The summed E-state index contributed by atoms with van der Waals surface area (Å²) in [7, 11) is 0. The van der Waals surface area contributed by atoms with E-state index in [1.54, 1.807) is 30.3 Å². The van der Waals surface area contributed by atoms with Gasteiger partial charge in [0, 0.05) is 6.54 Å². The second-order valence-electron chi connectivity index (χ2n) is 3.34. The summed E-state index contributed by atoms with van der Waals surface area (Å²) in [5, 5.41) is 0. The number of hydrogen-bond donors (Lipinski definition) is 0. The average Bonchev–Trinajstić information content (AvgIpc) is 2.51. The Morgan fingerprint density at radius 2 is 1.67 bits per heavy atom. The van der Waals surface area contributed by atoms with E-state index in [9.17, 15) is 9.59 Å². The second kappa shape index (κ2) is 3.69. The molecule has 0 spiro atoms. The highest BCUT2D eigenvalue weighted by Gasteiger charge is 2.33. The number of carbonyl (C=O) groups is 2. The molecule has 3 heteroatoms. The van der Waals surface area contributed by atoms with Gasteiger partial charge in [-0.1, -0.05) is 24.3 Å². The van der Waals surface area contributed by atoms with Crippen molar-refractivity contribution in [3.63, 3.8) is 0 Å². The molecule has 2 amide bonds. The molecule has 2 rings (SSSR count). The third-order valence-corrected chi connectivity index (χ3v) is 2.40. The maximum absolute atomic E-state index is 11.8. The zero-order valence-electron chi connectivity index (χ0n) is 8.43. The summed E-state index contributed by atoms with van der Waals surface area (Å²) in [6, 6.07) is 6.91. The largest absolute Gasteiger partial charge is 0.270 e. The van der Waals surface area contributed by atoms with E-state index >= 15 is 0 Å². The van der Waals surface area contributed by atoms with Crippen LogP contribution in [0.15, 0.2) is 36.4 Å². The van der Waals surface area contributed by atoms with Crippen molar-refractivity contribution in [3.05, 3.63) is 47.5 Å². The minimum Gasteiger partial charge on any atom is -0.270 e. The molecule has 0 radical (unpaired) electrons. The average molecular weight is 201 g/mol. The van der Waals surface area contributed by atoms with Gasteiger partial charge in [0.15, 0.2) is 0 Å². The Morgan fingerprint density at radius 3 is 2.13 bits per heavy atom. The van der Waals surface area contributed by atoms with Crippen molar-refractivity contribution in [2.45, 2.75) is 6.92 Å². The van der Waals surface area contributed by atoms with Crippen LogP contribution in [0, 0.1) is 0 Å². The molecule has 0 atom stereocenters. The van der Waals surface area contributed by atoms with E-state index in [1.807, 2.05) is 13.0 Å². The third kappa shape index (κ3) is 1.46. The Bertz CT molecular complexity index is 414. The van der Waals surface area contributed by atoms with E-state index in [2.05, 4.69) is 0 Å². The fourth-order valence-electron chi connectivity index (χ4n) is 1.62. The molecule has 0 aliphatic carbocycles. The molecule has 76 valence electrons. The molecule has 1 aromatic rings. The number of fused-ring (bicyclic) bond motifs is 1. The van der Waals surface area contributed by atoms with Crippen molar-refractivity contribution in [1.29, 1.82) is 0 Å². The number of hydrogen-bond acceptors (Lipinski definition) is 2. The van der Waals surface area contributed by atoms with Gasteiger partial charge in [0.05, 0.1) is 11.1 Å². The summed E-state index contributed by atoms with van der Waals surface area (Å²) in [6.07, 6.45) is 3.62. The predicted molar refractivity (Wildman–Crippen MR) is 56.6 cm³/mol. The van der Waals surface area contributed by atoms with Crippen molar-refractivity contribution in [1.82, 2.24) is 4.90 Å².